The number of hydrogen-bond acceptors (Lipinski definition) is 4. The first-order valence-electron chi connectivity index (χ1n) is 11.2. The van der Waals surface area contributed by atoms with Crippen molar-refractivity contribution >= 4 is 17.5 Å². The van der Waals surface area contributed by atoms with Crippen LogP contribution >= 0.6 is 0 Å². The van der Waals surface area contributed by atoms with E-state index in [-0.39, 0.29) is 11.8 Å². The number of hydrogen-bond donors (Lipinski definition) is 0. The van der Waals surface area contributed by atoms with E-state index in [1.807, 2.05) is 28.0 Å². The van der Waals surface area contributed by atoms with Gasteiger partial charge < -0.3 is 19.3 Å². The Kier molecular flexibility index (Phi) is 5.08. The molecule has 1 aromatic rings. The summed E-state index contributed by atoms with van der Waals surface area (Å²) in [4.78, 5) is 30.9. The average molecular weight is 399 g/mol. The van der Waals surface area contributed by atoms with Crippen LogP contribution in [-0.4, -0.2) is 49.6 Å². The van der Waals surface area contributed by atoms with E-state index >= 15 is 0 Å². The lowest BCUT2D eigenvalue weighted by atomic mass is 9.97. The lowest BCUT2D eigenvalue weighted by Gasteiger charge is -2.34. The molecule has 0 N–H and O–H groups in total. The molecule has 3 fully saturated rings. The molecular weight excluding hydrogens is 368 g/mol. The van der Waals surface area contributed by atoms with Crippen LogP contribution < -0.4 is 4.90 Å². The van der Waals surface area contributed by atoms with Gasteiger partial charge in [-0.2, -0.15) is 0 Å². The van der Waals surface area contributed by atoms with Gasteiger partial charge >= 0.3 is 0 Å². The number of fused-ring (bicyclic) bond motifs is 2. The van der Waals surface area contributed by atoms with Crippen molar-refractivity contribution < 1.29 is 19.1 Å². The van der Waals surface area contributed by atoms with Crippen molar-refractivity contribution in [3.8, 4) is 0 Å². The molecule has 0 unspecified atom stereocenters. The van der Waals surface area contributed by atoms with Crippen LogP contribution in [0.15, 0.2) is 18.2 Å². The highest BCUT2D eigenvalue weighted by molar-refractivity contribution is 6.10. The van der Waals surface area contributed by atoms with Gasteiger partial charge in [0.2, 0.25) is 0 Å². The van der Waals surface area contributed by atoms with Gasteiger partial charge in [0.15, 0.2) is 0 Å². The highest BCUT2D eigenvalue weighted by atomic mass is 16.7. The molecule has 1 aromatic carbocycles. The molecule has 29 heavy (non-hydrogen) atoms. The molecule has 1 spiro atoms. The van der Waals surface area contributed by atoms with Crippen molar-refractivity contribution in [1.29, 1.82) is 0 Å². The summed E-state index contributed by atoms with van der Waals surface area (Å²) < 4.78 is 12.1. The van der Waals surface area contributed by atoms with Gasteiger partial charge in [0.1, 0.15) is 0 Å². The Morgan fingerprint density at radius 1 is 1.00 bits per heavy atom. The maximum atomic E-state index is 13.6. The molecule has 3 aliphatic heterocycles. The summed E-state index contributed by atoms with van der Waals surface area (Å²) in [6, 6.07) is 5.68. The maximum Gasteiger partial charge on any atom is 0.292 e. The normalized spacial score (nSPS) is 24.3. The fourth-order valence-corrected chi connectivity index (χ4v) is 4.84. The number of rotatable bonds is 3. The number of carbonyl (C=O) groups is 2. The predicted octanol–water partition coefficient (Wildman–Crippen LogP) is 3.44. The standard InChI is InChI=1S/C23H30N2O4/c26-21(24-12-4-2-1-3-5-13-24)18-8-6-9-19-20(18)23(28-14-7-15-29-23)22(27)25(19)16-17-10-11-17/h6,8-9,17H,1-5,7,10-16H2. The van der Waals surface area contributed by atoms with E-state index in [0.29, 0.717) is 36.8 Å². The lowest BCUT2D eigenvalue weighted by molar-refractivity contribution is -0.256. The number of carbonyl (C=O) groups excluding carboxylic acids is 2. The summed E-state index contributed by atoms with van der Waals surface area (Å²) in [6.07, 6.45) is 8.71. The van der Waals surface area contributed by atoms with E-state index in [1.165, 1.54) is 19.3 Å². The van der Waals surface area contributed by atoms with Gasteiger partial charge in [0.25, 0.3) is 17.6 Å². The highest BCUT2D eigenvalue weighted by Gasteiger charge is 2.57. The minimum absolute atomic E-state index is 0.00182. The van der Waals surface area contributed by atoms with Crippen LogP contribution in [0.4, 0.5) is 5.69 Å². The third-order valence-electron chi connectivity index (χ3n) is 6.60. The number of nitrogens with zero attached hydrogens (tertiary/aromatic N) is 2. The van der Waals surface area contributed by atoms with Crippen molar-refractivity contribution in [3.63, 3.8) is 0 Å². The molecule has 6 nitrogen and oxygen atoms in total. The van der Waals surface area contributed by atoms with Gasteiger partial charge in [-0.25, -0.2) is 0 Å². The number of ether oxygens (including phenoxy) is 2. The third-order valence-corrected chi connectivity index (χ3v) is 6.60. The Morgan fingerprint density at radius 3 is 2.38 bits per heavy atom. The maximum absolute atomic E-state index is 13.6. The molecule has 4 aliphatic rings. The molecule has 2 amide bonds. The molecule has 0 aromatic heterocycles. The first-order chi connectivity index (χ1) is 14.2. The second-order valence-corrected chi connectivity index (χ2v) is 8.79. The number of benzene rings is 1. The summed E-state index contributed by atoms with van der Waals surface area (Å²) in [5.41, 5.74) is 2.00. The Bertz CT molecular complexity index is 790. The van der Waals surface area contributed by atoms with Crippen molar-refractivity contribution in [3.05, 3.63) is 29.3 Å². The summed E-state index contributed by atoms with van der Waals surface area (Å²) in [7, 11) is 0. The molecule has 0 atom stereocenters. The van der Waals surface area contributed by atoms with E-state index in [1.54, 1.807) is 0 Å². The van der Waals surface area contributed by atoms with Crippen LogP contribution in [0.3, 0.4) is 0 Å². The van der Waals surface area contributed by atoms with Crippen LogP contribution in [-0.2, 0) is 20.1 Å². The SMILES string of the molecule is O=C(c1cccc2c1C1(OCCCO1)C(=O)N2CC1CC1)N1CCCCCCC1. The molecule has 2 saturated heterocycles. The largest absolute Gasteiger partial charge is 0.339 e. The summed E-state index contributed by atoms with van der Waals surface area (Å²) in [5, 5.41) is 0. The molecule has 1 aliphatic carbocycles. The van der Waals surface area contributed by atoms with Gasteiger partial charge in [0, 0.05) is 19.6 Å². The van der Waals surface area contributed by atoms with E-state index in [4.69, 9.17) is 9.47 Å². The second kappa shape index (κ2) is 7.73. The quantitative estimate of drug-likeness (QED) is 0.783. The van der Waals surface area contributed by atoms with Gasteiger partial charge in [0.05, 0.1) is 30.0 Å². The van der Waals surface area contributed by atoms with Crippen molar-refractivity contribution in [2.75, 3.05) is 37.7 Å². The summed E-state index contributed by atoms with van der Waals surface area (Å²) in [6.45, 7) is 3.17. The van der Waals surface area contributed by atoms with Crippen LogP contribution in [0, 0.1) is 5.92 Å². The Balaban J connectivity index is 1.55. The summed E-state index contributed by atoms with van der Waals surface area (Å²) >= 11 is 0. The number of likely N-dealkylation sites (tertiary alicyclic amines) is 1. The van der Waals surface area contributed by atoms with Crippen molar-refractivity contribution in [1.82, 2.24) is 4.90 Å². The van der Waals surface area contributed by atoms with Crippen molar-refractivity contribution in [2.24, 2.45) is 5.92 Å². The molecule has 5 rings (SSSR count). The zero-order chi connectivity index (χ0) is 19.8. The fraction of sp³-hybridized carbons (Fsp3) is 0.652. The van der Waals surface area contributed by atoms with Crippen LogP contribution in [0.25, 0.3) is 0 Å². The van der Waals surface area contributed by atoms with Crippen LogP contribution in [0.2, 0.25) is 0 Å². The highest BCUT2D eigenvalue weighted by Crippen LogP contribution is 2.48. The number of amides is 2. The smallest absolute Gasteiger partial charge is 0.292 e. The van der Waals surface area contributed by atoms with Gasteiger partial charge in [-0.1, -0.05) is 25.3 Å². The third kappa shape index (κ3) is 3.36. The lowest BCUT2D eigenvalue weighted by Crippen LogP contribution is -2.48. The fourth-order valence-electron chi connectivity index (χ4n) is 4.84. The topological polar surface area (TPSA) is 59.1 Å². The van der Waals surface area contributed by atoms with Gasteiger partial charge in [-0.05, 0) is 50.2 Å². The van der Waals surface area contributed by atoms with Gasteiger partial charge in [-0.15, -0.1) is 0 Å². The first kappa shape index (κ1) is 19.1. The summed E-state index contributed by atoms with van der Waals surface area (Å²) in [5.74, 6) is -1.06. The molecule has 3 heterocycles. The van der Waals surface area contributed by atoms with E-state index in [2.05, 4.69) is 0 Å². The van der Waals surface area contributed by atoms with Crippen molar-refractivity contribution in [2.45, 2.75) is 57.2 Å². The average Bonchev–Trinajstić information content (AvgIpc) is 3.52. The van der Waals surface area contributed by atoms with E-state index in [9.17, 15) is 9.59 Å². The van der Waals surface area contributed by atoms with Gasteiger partial charge in [-0.3, -0.25) is 9.59 Å². The second-order valence-electron chi connectivity index (χ2n) is 8.79. The van der Waals surface area contributed by atoms with E-state index in [0.717, 1.165) is 50.9 Å². The molecular formula is C23H30N2O4. The Morgan fingerprint density at radius 2 is 1.69 bits per heavy atom. The monoisotopic (exact) mass is 398 g/mol. The molecule has 0 radical (unpaired) electrons. The molecule has 1 saturated carbocycles. The molecule has 156 valence electrons. The number of anilines is 1. The minimum atomic E-state index is -1.45. The van der Waals surface area contributed by atoms with Crippen LogP contribution in [0.5, 0.6) is 0 Å². The Hall–Kier alpha value is -1.92. The Labute approximate surface area is 172 Å². The first-order valence-corrected chi connectivity index (χ1v) is 11.2. The minimum Gasteiger partial charge on any atom is -0.339 e. The molecule has 0 bridgehead atoms. The zero-order valence-corrected chi connectivity index (χ0v) is 17.0. The molecule has 6 heteroatoms. The van der Waals surface area contributed by atoms with Crippen LogP contribution in [0.1, 0.15) is 67.3 Å². The zero-order valence-electron chi connectivity index (χ0n) is 17.0. The van der Waals surface area contributed by atoms with E-state index < -0.39 is 5.79 Å². The predicted molar refractivity (Wildman–Crippen MR) is 109 cm³/mol.